The zero-order valence-electron chi connectivity index (χ0n) is 9.28. The van der Waals surface area contributed by atoms with Crippen molar-refractivity contribution in [1.82, 2.24) is 9.97 Å². The second kappa shape index (κ2) is 6.41. The van der Waals surface area contributed by atoms with Crippen LogP contribution in [0.25, 0.3) is 21.8 Å². The van der Waals surface area contributed by atoms with Crippen molar-refractivity contribution < 1.29 is 25.5 Å². The van der Waals surface area contributed by atoms with E-state index in [-0.39, 0.29) is 20.4 Å². The van der Waals surface area contributed by atoms with Crippen LogP contribution in [0.3, 0.4) is 0 Å². The van der Waals surface area contributed by atoms with Crippen molar-refractivity contribution in [2.75, 3.05) is 7.11 Å². The Balaban J connectivity index is 0.000000459. The molecule has 3 nitrogen and oxygen atoms in total. The average Bonchev–Trinajstić information content (AvgIpc) is 2.41. The third-order valence-electron chi connectivity index (χ3n) is 2.35. The number of nitrogens with zero attached hydrogens (tertiary/aromatic N) is 2. The Hall–Kier alpha value is -1.34. The second-order valence-electron chi connectivity index (χ2n) is 3.21. The van der Waals surface area contributed by atoms with Crippen molar-refractivity contribution in [3.8, 4) is 0 Å². The van der Waals surface area contributed by atoms with Crippen molar-refractivity contribution in [2.24, 2.45) is 0 Å². The molecule has 2 heterocycles. The molecule has 0 aliphatic rings. The van der Waals surface area contributed by atoms with Crippen molar-refractivity contribution >= 4 is 21.8 Å². The van der Waals surface area contributed by atoms with E-state index in [0.29, 0.717) is 0 Å². The molecule has 3 aromatic rings. The number of fused-ring (bicyclic) bond motifs is 3. The van der Waals surface area contributed by atoms with Crippen molar-refractivity contribution in [2.45, 2.75) is 0 Å². The predicted octanol–water partition coefficient (Wildman–Crippen LogP) is 2.39. The van der Waals surface area contributed by atoms with E-state index in [2.05, 4.69) is 28.2 Å². The van der Waals surface area contributed by atoms with E-state index in [9.17, 15) is 0 Å². The van der Waals surface area contributed by atoms with Crippen LogP contribution in [-0.4, -0.2) is 22.2 Å². The van der Waals surface area contributed by atoms with Gasteiger partial charge in [-0.2, -0.15) is 0 Å². The van der Waals surface area contributed by atoms with Crippen molar-refractivity contribution in [3.63, 3.8) is 0 Å². The first-order valence-electron chi connectivity index (χ1n) is 4.98. The molecular formula is C13H12N2OPd. The van der Waals surface area contributed by atoms with Crippen LogP contribution in [0.1, 0.15) is 0 Å². The summed E-state index contributed by atoms with van der Waals surface area (Å²) in [4.78, 5) is 8.66. The third kappa shape index (κ3) is 2.67. The summed E-state index contributed by atoms with van der Waals surface area (Å²) in [5, 5.41) is 9.28. The maximum Gasteiger partial charge on any atom is 0.0795 e. The van der Waals surface area contributed by atoms with E-state index in [1.54, 1.807) is 6.20 Å². The summed E-state index contributed by atoms with van der Waals surface area (Å²) in [6.07, 6.45) is 3.62. The molecule has 0 bridgehead atoms. The van der Waals surface area contributed by atoms with E-state index >= 15 is 0 Å². The fraction of sp³-hybridized carbons (Fsp3) is 0.0769. The van der Waals surface area contributed by atoms with Crippen LogP contribution < -0.4 is 0 Å². The number of pyridine rings is 2. The van der Waals surface area contributed by atoms with Gasteiger partial charge in [-0.15, -0.1) is 0 Å². The zero-order chi connectivity index (χ0) is 11.4. The summed E-state index contributed by atoms with van der Waals surface area (Å²) in [6, 6.07) is 12.1. The molecule has 0 radical (unpaired) electrons. The molecule has 0 spiro atoms. The topological polar surface area (TPSA) is 46.0 Å². The van der Waals surface area contributed by atoms with Gasteiger partial charge in [-0.3, -0.25) is 9.97 Å². The fourth-order valence-electron chi connectivity index (χ4n) is 1.70. The van der Waals surface area contributed by atoms with E-state index in [1.165, 1.54) is 0 Å². The quantitative estimate of drug-likeness (QED) is 0.511. The van der Waals surface area contributed by atoms with Crippen LogP contribution >= 0.6 is 0 Å². The van der Waals surface area contributed by atoms with Gasteiger partial charge in [0.2, 0.25) is 0 Å². The zero-order valence-corrected chi connectivity index (χ0v) is 10.8. The van der Waals surface area contributed by atoms with Crippen LogP contribution in [0.2, 0.25) is 0 Å². The average molecular weight is 319 g/mol. The Morgan fingerprint density at radius 3 is 2.41 bits per heavy atom. The van der Waals surface area contributed by atoms with Crippen LogP contribution in [0.4, 0.5) is 0 Å². The van der Waals surface area contributed by atoms with E-state index < -0.39 is 0 Å². The smallest absolute Gasteiger partial charge is 0.0795 e. The Morgan fingerprint density at radius 2 is 1.59 bits per heavy atom. The van der Waals surface area contributed by atoms with E-state index in [4.69, 9.17) is 5.11 Å². The minimum absolute atomic E-state index is 0. The largest absolute Gasteiger partial charge is 0.400 e. The van der Waals surface area contributed by atoms with Gasteiger partial charge in [0.15, 0.2) is 0 Å². The Morgan fingerprint density at radius 1 is 0.882 bits per heavy atom. The van der Waals surface area contributed by atoms with E-state index in [1.807, 2.05) is 24.4 Å². The molecule has 0 fully saturated rings. The molecule has 1 aromatic carbocycles. The second-order valence-corrected chi connectivity index (χ2v) is 3.21. The SMILES string of the molecule is CO.[Pd].c1cnc2c(c1)ccc1ncccc12. The number of aromatic nitrogens is 2. The maximum absolute atomic E-state index is 7.00. The number of hydrogen-bond donors (Lipinski definition) is 1. The standard InChI is InChI=1S/C12H8N2.CH4O.Pd/c1-3-9-5-6-11-10(4-2-7-13-11)12(9)14-8-1;1-2;/h1-8H;2H,1H3;. The Kier molecular flexibility index (Phi) is 5.18. The molecule has 0 unspecified atom stereocenters. The first-order chi connectivity index (χ1) is 7.95. The Labute approximate surface area is 113 Å². The number of hydrogen-bond acceptors (Lipinski definition) is 3. The number of benzene rings is 1. The van der Waals surface area contributed by atoms with Crippen LogP contribution in [0.5, 0.6) is 0 Å². The molecule has 0 aliphatic carbocycles. The van der Waals surface area contributed by atoms with Crippen molar-refractivity contribution in [3.05, 3.63) is 48.8 Å². The van der Waals surface area contributed by atoms with Gasteiger partial charge in [0.1, 0.15) is 0 Å². The van der Waals surface area contributed by atoms with Gasteiger partial charge in [-0.05, 0) is 24.3 Å². The first-order valence-corrected chi connectivity index (χ1v) is 4.98. The van der Waals surface area contributed by atoms with Gasteiger partial charge in [0.05, 0.1) is 11.0 Å². The molecule has 1 N–H and O–H groups in total. The van der Waals surface area contributed by atoms with Gasteiger partial charge >= 0.3 is 0 Å². The van der Waals surface area contributed by atoms with Crippen LogP contribution in [-0.2, 0) is 20.4 Å². The van der Waals surface area contributed by atoms with Crippen molar-refractivity contribution in [1.29, 1.82) is 0 Å². The summed E-state index contributed by atoms with van der Waals surface area (Å²) in [6.45, 7) is 0. The summed E-state index contributed by atoms with van der Waals surface area (Å²) < 4.78 is 0. The molecule has 0 aliphatic heterocycles. The molecule has 0 atom stereocenters. The fourth-order valence-corrected chi connectivity index (χ4v) is 1.70. The minimum atomic E-state index is 0. The number of aliphatic hydroxyl groups is 1. The molecule has 0 saturated carbocycles. The molecular weight excluding hydrogens is 307 g/mol. The van der Waals surface area contributed by atoms with E-state index in [0.717, 1.165) is 28.9 Å². The summed E-state index contributed by atoms with van der Waals surface area (Å²) in [7, 11) is 1.00. The predicted molar refractivity (Wildman–Crippen MR) is 65.2 cm³/mol. The first kappa shape index (κ1) is 13.7. The summed E-state index contributed by atoms with van der Waals surface area (Å²) in [5.74, 6) is 0. The van der Waals surface area contributed by atoms with Gasteiger partial charge < -0.3 is 5.11 Å². The van der Waals surface area contributed by atoms with Gasteiger partial charge in [0.25, 0.3) is 0 Å². The number of rotatable bonds is 0. The molecule has 0 amide bonds. The summed E-state index contributed by atoms with van der Waals surface area (Å²) >= 11 is 0. The van der Waals surface area contributed by atoms with Gasteiger partial charge in [0, 0.05) is 50.7 Å². The summed E-state index contributed by atoms with van der Waals surface area (Å²) in [5.41, 5.74) is 2.02. The Bertz CT molecular complexity index is 558. The molecule has 17 heavy (non-hydrogen) atoms. The normalized spacial score (nSPS) is 9.29. The van der Waals surface area contributed by atoms with Gasteiger partial charge in [-0.1, -0.05) is 12.1 Å². The van der Waals surface area contributed by atoms with Crippen LogP contribution in [0.15, 0.2) is 48.8 Å². The van der Waals surface area contributed by atoms with Gasteiger partial charge in [-0.25, -0.2) is 0 Å². The molecule has 3 rings (SSSR count). The molecule has 0 saturated heterocycles. The molecule has 2 aromatic heterocycles. The molecule has 4 heteroatoms. The monoisotopic (exact) mass is 318 g/mol. The minimum Gasteiger partial charge on any atom is -0.400 e. The maximum atomic E-state index is 7.00. The third-order valence-corrected chi connectivity index (χ3v) is 2.35. The van der Waals surface area contributed by atoms with Crippen LogP contribution in [0, 0.1) is 0 Å². The molecule has 90 valence electrons. The number of aliphatic hydroxyl groups excluding tert-OH is 1.